The number of hydrogen-bond acceptors (Lipinski definition) is 6. The maximum atomic E-state index is 12.3. The van der Waals surface area contributed by atoms with E-state index in [0.29, 0.717) is 5.56 Å². The Balaban J connectivity index is 2.25. The Kier molecular flexibility index (Phi) is 4.92. The van der Waals surface area contributed by atoms with E-state index in [4.69, 9.17) is 10.5 Å². The minimum atomic E-state index is -0.913. The van der Waals surface area contributed by atoms with E-state index in [2.05, 4.69) is 0 Å². The normalized spacial score (nSPS) is 10.6. The van der Waals surface area contributed by atoms with Crippen molar-refractivity contribution in [2.75, 3.05) is 12.3 Å². The number of esters is 1. The second kappa shape index (κ2) is 6.76. The number of anilines is 1. The van der Waals surface area contributed by atoms with Crippen molar-refractivity contribution in [2.24, 2.45) is 7.05 Å². The number of nitrogens with one attached hydrogen (secondary N) is 1. The van der Waals surface area contributed by atoms with E-state index in [-0.39, 0.29) is 5.82 Å². The number of ether oxygens (including phenoxy) is 1. The van der Waals surface area contributed by atoms with Gasteiger partial charge in [0.1, 0.15) is 11.4 Å². The molecule has 0 bridgehead atoms. The highest BCUT2D eigenvalue weighted by Crippen LogP contribution is 2.17. The Labute approximate surface area is 143 Å². The fourth-order valence-electron chi connectivity index (χ4n) is 2.68. The van der Waals surface area contributed by atoms with Gasteiger partial charge in [-0.1, -0.05) is 17.7 Å². The van der Waals surface area contributed by atoms with Gasteiger partial charge < -0.3 is 10.5 Å². The van der Waals surface area contributed by atoms with Crippen molar-refractivity contribution in [2.45, 2.75) is 20.8 Å². The number of nitrogen functional groups attached to an aromatic ring is 1. The maximum Gasteiger partial charge on any atom is 0.339 e. The number of nitrogens with two attached hydrogens (primary N) is 1. The molecule has 8 nitrogen and oxygen atoms in total. The molecule has 1 heterocycles. The molecule has 25 heavy (non-hydrogen) atoms. The number of aromatic nitrogens is 2. The Hall–Kier alpha value is -3.16. The molecule has 2 rings (SSSR count). The van der Waals surface area contributed by atoms with Crippen LogP contribution >= 0.6 is 0 Å². The van der Waals surface area contributed by atoms with Gasteiger partial charge in [-0.25, -0.2) is 9.59 Å². The second-order valence-corrected chi connectivity index (χ2v) is 5.85. The van der Waals surface area contributed by atoms with E-state index in [0.717, 1.165) is 21.3 Å². The third-order valence-corrected chi connectivity index (χ3v) is 3.86. The monoisotopic (exact) mass is 345 g/mol. The Morgan fingerprint density at radius 1 is 1.12 bits per heavy atom. The summed E-state index contributed by atoms with van der Waals surface area (Å²) in [6.45, 7) is 4.80. The second-order valence-electron chi connectivity index (χ2n) is 5.85. The van der Waals surface area contributed by atoms with Gasteiger partial charge in [0.05, 0.1) is 5.56 Å². The number of rotatable bonds is 4. The van der Waals surface area contributed by atoms with E-state index in [1.165, 1.54) is 7.05 Å². The summed E-state index contributed by atoms with van der Waals surface area (Å²) in [6, 6.07) is 3.67. The van der Waals surface area contributed by atoms with Crippen molar-refractivity contribution in [3.63, 3.8) is 0 Å². The van der Waals surface area contributed by atoms with Gasteiger partial charge in [0.2, 0.25) is 5.78 Å². The van der Waals surface area contributed by atoms with E-state index < -0.39 is 35.2 Å². The molecule has 0 atom stereocenters. The van der Waals surface area contributed by atoms with Crippen molar-refractivity contribution < 1.29 is 14.3 Å². The van der Waals surface area contributed by atoms with Crippen LogP contribution in [0.4, 0.5) is 5.82 Å². The van der Waals surface area contributed by atoms with Gasteiger partial charge in [0.25, 0.3) is 5.56 Å². The molecule has 0 fully saturated rings. The number of aromatic amines is 1. The van der Waals surface area contributed by atoms with Crippen molar-refractivity contribution in [1.29, 1.82) is 0 Å². The zero-order valence-electron chi connectivity index (χ0n) is 14.4. The molecule has 0 aliphatic rings. The fraction of sp³-hybridized carbons (Fsp3) is 0.294. The summed E-state index contributed by atoms with van der Waals surface area (Å²) in [7, 11) is 1.31. The molecule has 0 aliphatic carbocycles. The molecule has 1 aromatic heterocycles. The summed E-state index contributed by atoms with van der Waals surface area (Å²) in [5.74, 6) is -1.73. The number of carbonyl (C=O) groups excluding carboxylic acids is 2. The van der Waals surface area contributed by atoms with Crippen LogP contribution in [-0.2, 0) is 11.8 Å². The first-order valence-electron chi connectivity index (χ1n) is 7.50. The average molecular weight is 345 g/mol. The number of hydrogen-bond donors (Lipinski definition) is 2. The standard InChI is InChI=1S/C17H19N3O5/c1-8-5-9(2)12(10(3)6-8)16(23)25-7-11(21)13-14(18)20(4)17(24)19-15(13)22/h5-6H,7,18H2,1-4H3,(H,19,22,24). The minimum absolute atomic E-state index is 0.280. The Bertz CT molecular complexity index is 962. The lowest BCUT2D eigenvalue weighted by Gasteiger charge is -2.11. The van der Waals surface area contributed by atoms with E-state index in [1.807, 2.05) is 24.0 Å². The van der Waals surface area contributed by atoms with Crippen LogP contribution < -0.4 is 17.0 Å². The molecule has 2 aromatic rings. The largest absolute Gasteiger partial charge is 0.454 e. The highest BCUT2D eigenvalue weighted by molar-refractivity contribution is 6.02. The van der Waals surface area contributed by atoms with Gasteiger partial charge in [-0.3, -0.25) is 19.1 Å². The van der Waals surface area contributed by atoms with E-state index in [9.17, 15) is 19.2 Å². The number of aryl methyl sites for hydroxylation is 3. The maximum absolute atomic E-state index is 12.3. The highest BCUT2D eigenvalue weighted by atomic mass is 16.5. The molecule has 0 aliphatic heterocycles. The van der Waals surface area contributed by atoms with E-state index in [1.54, 1.807) is 13.8 Å². The van der Waals surface area contributed by atoms with Crippen LogP contribution in [0.5, 0.6) is 0 Å². The molecule has 3 N–H and O–H groups in total. The fourth-order valence-corrected chi connectivity index (χ4v) is 2.68. The van der Waals surface area contributed by atoms with Crippen molar-refractivity contribution >= 4 is 17.6 Å². The summed E-state index contributed by atoms with van der Waals surface area (Å²) in [4.78, 5) is 49.7. The molecule has 0 amide bonds. The van der Waals surface area contributed by atoms with Crippen LogP contribution in [0.15, 0.2) is 21.7 Å². The first kappa shape index (κ1) is 18.2. The molecule has 0 saturated carbocycles. The molecule has 0 saturated heterocycles. The molecule has 0 unspecified atom stereocenters. The lowest BCUT2D eigenvalue weighted by molar-refractivity contribution is 0.0472. The predicted octanol–water partition coefficient (Wildman–Crippen LogP) is 0.621. The third-order valence-electron chi connectivity index (χ3n) is 3.86. The number of benzene rings is 1. The smallest absolute Gasteiger partial charge is 0.339 e. The summed E-state index contributed by atoms with van der Waals surface area (Å²) < 4.78 is 5.98. The third kappa shape index (κ3) is 3.52. The Morgan fingerprint density at radius 3 is 2.24 bits per heavy atom. The lowest BCUT2D eigenvalue weighted by Crippen LogP contribution is -2.35. The summed E-state index contributed by atoms with van der Waals surface area (Å²) >= 11 is 0. The molecule has 8 heteroatoms. The van der Waals surface area contributed by atoms with Crippen LogP contribution in [0.25, 0.3) is 0 Å². The number of H-pyrrole nitrogens is 1. The topological polar surface area (TPSA) is 124 Å². The number of nitrogens with zero attached hydrogens (tertiary/aromatic N) is 1. The molecule has 0 radical (unpaired) electrons. The van der Waals surface area contributed by atoms with Gasteiger partial charge in [0.15, 0.2) is 6.61 Å². The predicted molar refractivity (Wildman–Crippen MR) is 92.0 cm³/mol. The van der Waals surface area contributed by atoms with Crippen LogP contribution in [0.3, 0.4) is 0 Å². The van der Waals surface area contributed by atoms with Gasteiger partial charge in [0, 0.05) is 7.05 Å². The van der Waals surface area contributed by atoms with Gasteiger partial charge in [-0.2, -0.15) is 0 Å². The van der Waals surface area contributed by atoms with Gasteiger partial charge in [-0.15, -0.1) is 0 Å². The van der Waals surface area contributed by atoms with Gasteiger partial charge >= 0.3 is 11.7 Å². The molecule has 132 valence electrons. The van der Waals surface area contributed by atoms with Gasteiger partial charge in [-0.05, 0) is 31.9 Å². The number of carbonyl (C=O) groups is 2. The highest BCUT2D eigenvalue weighted by Gasteiger charge is 2.21. The van der Waals surface area contributed by atoms with Crippen LogP contribution in [-0.4, -0.2) is 27.9 Å². The van der Waals surface area contributed by atoms with Crippen molar-refractivity contribution in [3.8, 4) is 0 Å². The SMILES string of the molecule is Cc1cc(C)c(C(=O)OCC(=O)c2c(N)n(C)c(=O)[nH]c2=O)c(C)c1. The van der Waals surface area contributed by atoms with Crippen LogP contribution in [0.1, 0.15) is 37.4 Å². The average Bonchev–Trinajstić information content (AvgIpc) is 2.49. The van der Waals surface area contributed by atoms with E-state index >= 15 is 0 Å². The summed E-state index contributed by atoms with van der Waals surface area (Å²) in [6.07, 6.45) is 0. The summed E-state index contributed by atoms with van der Waals surface area (Å²) in [5, 5.41) is 0. The summed E-state index contributed by atoms with van der Waals surface area (Å²) in [5.41, 5.74) is 6.44. The van der Waals surface area contributed by atoms with Crippen LogP contribution in [0, 0.1) is 20.8 Å². The zero-order valence-corrected chi connectivity index (χ0v) is 14.4. The molecule has 1 aromatic carbocycles. The van der Waals surface area contributed by atoms with Crippen molar-refractivity contribution in [3.05, 3.63) is 60.8 Å². The number of ketones is 1. The number of Topliss-reactive ketones (excluding diaryl/α,β-unsaturated/α-hetero) is 1. The first-order valence-corrected chi connectivity index (χ1v) is 7.50. The molecular weight excluding hydrogens is 326 g/mol. The quantitative estimate of drug-likeness (QED) is 0.618. The zero-order chi connectivity index (χ0) is 18.9. The molecule has 0 spiro atoms. The van der Waals surface area contributed by atoms with Crippen molar-refractivity contribution in [1.82, 2.24) is 9.55 Å². The Morgan fingerprint density at radius 2 is 1.68 bits per heavy atom. The lowest BCUT2D eigenvalue weighted by atomic mass is 10.00. The molecular formula is C17H19N3O5. The van der Waals surface area contributed by atoms with Crippen LogP contribution in [0.2, 0.25) is 0 Å². The first-order chi connectivity index (χ1) is 11.6. The minimum Gasteiger partial charge on any atom is -0.454 e.